The van der Waals surface area contributed by atoms with E-state index in [9.17, 15) is 0 Å². The van der Waals surface area contributed by atoms with E-state index in [1.165, 1.54) is 13.0 Å². The van der Waals surface area contributed by atoms with E-state index in [0.717, 1.165) is 19.6 Å². The predicted octanol–water partition coefficient (Wildman–Crippen LogP) is 0.677. The molecule has 0 spiro atoms. The first kappa shape index (κ1) is 9.79. The number of hydrogen-bond acceptors (Lipinski definition) is 4. The Bertz CT molecular complexity index is 344. The first-order valence-electron chi connectivity index (χ1n) is 5.00. The monoisotopic (exact) mass is 213 g/mol. The van der Waals surface area contributed by atoms with Crippen molar-refractivity contribution in [1.29, 1.82) is 0 Å². The molecule has 0 saturated carbocycles. The number of hydrogen-bond donors (Lipinski definition) is 1. The Kier molecular flexibility index (Phi) is 2.93. The van der Waals surface area contributed by atoms with E-state index in [4.69, 9.17) is 12.2 Å². The highest BCUT2D eigenvalue weighted by Gasteiger charge is 2.21. The van der Waals surface area contributed by atoms with E-state index in [0.29, 0.717) is 10.7 Å². The molecule has 1 fully saturated rings. The van der Waals surface area contributed by atoms with Crippen LogP contribution in [0, 0.1) is 10.7 Å². The van der Waals surface area contributed by atoms with Crippen molar-refractivity contribution in [2.45, 2.75) is 19.9 Å². The zero-order valence-electron chi connectivity index (χ0n) is 8.31. The van der Waals surface area contributed by atoms with Crippen molar-refractivity contribution in [1.82, 2.24) is 25.1 Å². The Morgan fingerprint density at radius 2 is 2.50 bits per heavy atom. The van der Waals surface area contributed by atoms with Gasteiger partial charge in [-0.25, -0.2) is 4.68 Å². The SMILES string of the molecule is CCN1CCC(Cn2[nH]nnc2=S)C1. The molecule has 1 atom stereocenters. The van der Waals surface area contributed by atoms with E-state index >= 15 is 0 Å². The molecule has 1 saturated heterocycles. The number of nitrogens with one attached hydrogen (secondary N) is 1. The Morgan fingerprint density at radius 3 is 3.07 bits per heavy atom. The molecule has 5 nitrogen and oxygen atoms in total. The summed E-state index contributed by atoms with van der Waals surface area (Å²) in [7, 11) is 0. The highest BCUT2D eigenvalue weighted by molar-refractivity contribution is 7.71. The zero-order chi connectivity index (χ0) is 9.97. The van der Waals surface area contributed by atoms with Crippen LogP contribution in [-0.4, -0.2) is 44.7 Å². The van der Waals surface area contributed by atoms with E-state index < -0.39 is 0 Å². The van der Waals surface area contributed by atoms with Crippen LogP contribution in [0.3, 0.4) is 0 Å². The fourth-order valence-corrected chi connectivity index (χ4v) is 2.10. The second-order valence-electron chi connectivity index (χ2n) is 3.74. The molecule has 2 heterocycles. The van der Waals surface area contributed by atoms with E-state index in [-0.39, 0.29) is 0 Å². The molecular formula is C8H15N5S. The number of H-pyrrole nitrogens is 1. The summed E-state index contributed by atoms with van der Waals surface area (Å²) in [5, 5.41) is 10.2. The van der Waals surface area contributed by atoms with Crippen LogP contribution in [0.25, 0.3) is 0 Å². The van der Waals surface area contributed by atoms with Crippen LogP contribution in [0.1, 0.15) is 13.3 Å². The molecular weight excluding hydrogens is 198 g/mol. The van der Waals surface area contributed by atoms with Crippen LogP contribution in [0.4, 0.5) is 0 Å². The van der Waals surface area contributed by atoms with Gasteiger partial charge in [-0.3, -0.25) is 0 Å². The van der Waals surface area contributed by atoms with Crippen molar-refractivity contribution in [3.05, 3.63) is 4.77 Å². The molecule has 1 unspecified atom stereocenters. The Balaban J connectivity index is 1.94. The topological polar surface area (TPSA) is 49.7 Å². The first-order chi connectivity index (χ1) is 6.79. The summed E-state index contributed by atoms with van der Waals surface area (Å²) in [6, 6.07) is 0. The molecule has 78 valence electrons. The quantitative estimate of drug-likeness (QED) is 0.750. The molecule has 6 heteroatoms. The van der Waals surface area contributed by atoms with E-state index in [1.807, 2.05) is 4.68 Å². The van der Waals surface area contributed by atoms with Gasteiger partial charge in [-0.15, -0.1) is 0 Å². The third kappa shape index (κ3) is 2.01. The lowest BCUT2D eigenvalue weighted by molar-refractivity contribution is 0.327. The molecule has 0 aliphatic carbocycles. The van der Waals surface area contributed by atoms with Gasteiger partial charge in [0.2, 0.25) is 4.77 Å². The molecule has 2 rings (SSSR count). The van der Waals surface area contributed by atoms with E-state index in [1.54, 1.807) is 0 Å². The lowest BCUT2D eigenvalue weighted by Crippen LogP contribution is -2.21. The van der Waals surface area contributed by atoms with Gasteiger partial charge in [0.15, 0.2) is 0 Å². The predicted molar refractivity (Wildman–Crippen MR) is 55.4 cm³/mol. The maximum atomic E-state index is 5.02. The number of aromatic nitrogens is 4. The fraction of sp³-hybridized carbons (Fsp3) is 0.875. The average Bonchev–Trinajstić information content (AvgIpc) is 2.77. The van der Waals surface area contributed by atoms with Gasteiger partial charge >= 0.3 is 0 Å². The third-order valence-electron chi connectivity index (χ3n) is 2.79. The summed E-state index contributed by atoms with van der Waals surface area (Å²) < 4.78 is 2.40. The maximum Gasteiger partial charge on any atom is 0.238 e. The molecule has 1 N–H and O–H groups in total. The Hall–Kier alpha value is -0.750. The van der Waals surface area contributed by atoms with Gasteiger partial charge in [0.05, 0.1) is 0 Å². The largest absolute Gasteiger partial charge is 0.303 e. The van der Waals surface area contributed by atoms with Crippen LogP contribution in [0.2, 0.25) is 0 Å². The fourth-order valence-electron chi connectivity index (χ4n) is 1.94. The third-order valence-corrected chi connectivity index (χ3v) is 3.09. The zero-order valence-corrected chi connectivity index (χ0v) is 9.13. The minimum Gasteiger partial charge on any atom is -0.303 e. The molecule has 1 aliphatic heterocycles. The Labute approximate surface area is 88.1 Å². The molecule has 1 aromatic rings. The summed E-state index contributed by atoms with van der Waals surface area (Å²) >= 11 is 5.02. The molecule has 1 aromatic heterocycles. The minimum atomic E-state index is 0.556. The molecule has 0 amide bonds. The van der Waals surface area contributed by atoms with Gasteiger partial charge in [-0.2, -0.15) is 5.21 Å². The number of likely N-dealkylation sites (tertiary alicyclic amines) is 1. The summed E-state index contributed by atoms with van der Waals surface area (Å²) in [6.45, 7) is 6.63. The highest BCUT2D eigenvalue weighted by Crippen LogP contribution is 2.16. The van der Waals surface area contributed by atoms with Crippen molar-refractivity contribution in [2.24, 2.45) is 5.92 Å². The standard InChI is InChI=1S/C8H15N5S/c1-2-12-4-3-7(5-12)6-13-8(14)9-10-11-13/h7H,2-6H2,1H3,(H,9,11,14). The maximum absolute atomic E-state index is 5.02. The highest BCUT2D eigenvalue weighted by atomic mass is 32.1. The average molecular weight is 213 g/mol. The van der Waals surface area contributed by atoms with Gasteiger partial charge in [0.1, 0.15) is 0 Å². The second kappa shape index (κ2) is 4.18. The summed E-state index contributed by atoms with van der Waals surface area (Å²) in [5.41, 5.74) is 0. The van der Waals surface area contributed by atoms with Gasteiger partial charge in [-0.1, -0.05) is 17.2 Å². The molecule has 0 aromatic carbocycles. The van der Waals surface area contributed by atoms with Crippen LogP contribution < -0.4 is 0 Å². The van der Waals surface area contributed by atoms with Crippen molar-refractivity contribution >= 4 is 12.2 Å². The summed E-state index contributed by atoms with van der Waals surface area (Å²) in [5.74, 6) is 0.684. The molecule has 1 aliphatic rings. The molecule has 0 radical (unpaired) electrons. The summed E-state index contributed by atoms with van der Waals surface area (Å²) in [4.78, 5) is 2.46. The van der Waals surface area contributed by atoms with Crippen molar-refractivity contribution < 1.29 is 0 Å². The number of aromatic amines is 1. The lowest BCUT2D eigenvalue weighted by atomic mass is 10.1. The van der Waals surface area contributed by atoms with Crippen molar-refractivity contribution in [3.63, 3.8) is 0 Å². The van der Waals surface area contributed by atoms with Gasteiger partial charge < -0.3 is 4.90 Å². The van der Waals surface area contributed by atoms with E-state index in [2.05, 4.69) is 27.3 Å². The van der Waals surface area contributed by atoms with Gasteiger partial charge in [0, 0.05) is 13.1 Å². The normalized spacial score (nSPS) is 23.1. The van der Waals surface area contributed by atoms with Crippen LogP contribution in [0.5, 0.6) is 0 Å². The molecule has 14 heavy (non-hydrogen) atoms. The summed E-state index contributed by atoms with van der Waals surface area (Å²) in [6.07, 6.45) is 1.24. The first-order valence-corrected chi connectivity index (χ1v) is 5.40. The number of rotatable bonds is 3. The number of tetrazole rings is 1. The van der Waals surface area contributed by atoms with Crippen LogP contribution in [0.15, 0.2) is 0 Å². The van der Waals surface area contributed by atoms with Crippen molar-refractivity contribution in [2.75, 3.05) is 19.6 Å². The van der Waals surface area contributed by atoms with Gasteiger partial charge in [-0.05, 0) is 37.6 Å². The van der Waals surface area contributed by atoms with Crippen LogP contribution in [-0.2, 0) is 6.54 Å². The number of nitrogens with zero attached hydrogens (tertiary/aromatic N) is 4. The lowest BCUT2D eigenvalue weighted by Gasteiger charge is -2.12. The Morgan fingerprint density at radius 1 is 1.64 bits per heavy atom. The van der Waals surface area contributed by atoms with Crippen molar-refractivity contribution in [3.8, 4) is 0 Å². The second-order valence-corrected chi connectivity index (χ2v) is 4.11. The minimum absolute atomic E-state index is 0.556. The van der Waals surface area contributed by atoms with Crippen LogP contribution >= 0.6 is 12.2 Å². The molecule has 0 bridgehead atoms. The smallest absolute Gasteiger partial charge is 0.238 e. The van der Waals surface area contributed by atoms with Gasteiger partial charge in [0.25, 0.3) is 0 Å².